The van der Waals surface area contributed by atoms with Gasteiger partial charge in [-0.1, -0.05) is 24.3 Å². The molecule has 6 rings (SSSR count). The molecule has 0 radical (unpaired) electrons. The number of likely N-dealkylation sites (tertiary alicyclic amines) is 2. The standard InChI is InChI=1S/C24H26N2O6/c27-20-16-11-4-5-12(9-11)17(16)21(28)25(20)8-2-1-3-15(24(31)32)26-22(29)18-13-6-7-14(10-13)19(18)23(26)30/h4-7,11-19H,1-3,8-10H2,(H,31,32)/t11-,12+,13-,14+,15-,16+,17-,18+,19-/m1/s1. The van der Waals surface area contributed by atoms with Gasteiger partial charge in [0.2, 0.25) is 23.6 Å². The second kappa shape index (κ2) is 6.86. The lowest BCUT2D eigenvalue weighted by Gasteiger charge is -2.25. The first-order valence-electron chi connectivity index (χ1n) is 11.7. The van der Waals surface area contributed by atoms with E-state index in [-0.39, 0.29) is 72.1 Å². The molecule has 4 fully saturated rings. The predicted octanol–water partition coefficient (Wildman–Crippen LogP) is 1.22. The van der Waals surface area contributed by atoms with Gasteiger partial charge >= 0.3 is 5.97 Å². The highest BCUT2D eigenvalue weighted by atomic mass is 16.4. The third-order valence-corrected chi connectivity index (χ3v) is 8.77. The van der Waals surface area contributed by atoms with Crippen LogP contribution in [0.25, 0.3) is 0 Å². The zero-order valence-corrected chi connectivity index (χ0v) is 17.6. The van der Waals surface area contributed by atoms with Gasteiger partial charge in [-0.05, 0) is 55.8 Å². The second-order valence-electron chi connectivity index (χ2n) is 10.2. The minimum absolute atomic E-state index is 0.0392. The largest absolute Gasteiger partial charge is 0.480 e. The Morgan fingerprint density at radius 2 is 1.22 bits per heavy atom. The highest BCUT2D eigenvalue weighted by Crippen LogP contribution is 2.54. The Kier molecular flexibility index (Phi) is 4.26. The fourth-order valence-corrected chi connectivity index (χ4v) is 7.39. The molecule has 8 nitrogen and oxygen atoms in total. The summed E-state index contributed by atoms with van der Waals surface area (Å²) < 4.78 is 0. The minimum atomic E-state index is -1.19. The van der Waals surface area contributed by atoms with E-state index in [9.17, 15) is 29.1 Å². The number of unbranched alkanes of at least 4 members (excludes halogenated alkanes) is 1. The normalized spacial score (nSPS) is 41.4. The highest BCUT2D eigenvalue weighted by Gasteiger charge is 2.61. The SMILES string of the molecule is O=C(O)[C@@H](CCCCN1C(=O)[C@@H]2[C@H](C1=O)[C@H]1C=C[C@@H]2C1)N1C(=O)[C@@H]2[C@H](C1=O)[C@H]1C=C[C@@H]2C1. The highest BCUT2D eigenvalue weighted by molar-refractivity contribution is 6.09. The van der Waals surface area contributed by atoms with Crippen molar-refractivity contribution in [1.29, 1.82) is 0 Å². The molecule has 0 aromatic carbocycles. The number of carbonyl (C=O) groups excluding carboxylic acids is 4. The van der Waals surface area contributed by atoms with Crippen molar-refractivity contribution >= 4 is 29.6 Å². The molecule has 0 aromatic rings. The van der Waals surface area contributed by atoms with Crippen LogP contribution in [-0.4, -0.2) is 57.1 Å². The van der Waals surface area contributed by atoms with E-state index in [4.69, 9.17) is 0 Å². The van der Waals surface area contributed by atoms with Gasteiger partial charge in [0.15, 0.2) is 0 Å². The third-order valence-electron chi connectivity index (χ3n) is 8.77. The molecule has 2 saturated carbocycles. The van der Waals surface area contributed by atoms with Crippen molar-refractivity contribution in [2.75, 3.05) is 6.54 Å². The number of fused-ring (bicyclic) bond motifs is 10. The molecule has 168 valence electrons. The monoisotopic (exact) mass is 438 g/mol. The van der Waals surface area contributed by atoms with Crippen molar-refractivity contribution in [1.82, 2.24) is 9.80 Å². The number of hydrogen-bond acceptors (Lipinski definition) is 5. The number of carboxylic acids is 1. The van der Waals surface area contributed by atoms with Gasteiger partial charge in [-0.2, -0.15) is 0 Å². The van der Waals surface area contributed by atoms with Crippen LogP contribution in [0, 0.1) is 47.3 Å². The summed E-state index contributed by atoms with van der Waals surface area (Å²) in [7, 11) is 0. The Balaban J connectivity index is 1.08. The second-order valence-corrected chi connectivity index (χ2v) is 10.2. The van der Waals surface area contributed by atoms with Crippen LogP contribution in [0.4, 0.5) is 0 Å². The topological polar surface area (TPSA) is 112 Å². The quantitative estimate of drug-likeness (QED) is 0.363. The van der Waals surface area contributed by atoms with Crippen molar-refractivity contribution in [3.8, 4) is 0 Å². The number of carbonyl (C=O) groups is 5. The van der Waals surface area contributed by atoms with Gasteiger partial charge in [-0.15, -0.1) is 0 Å². The minimum Gasteiger partial charge on any atom is -0.480 e. The van der Waals surface area contributed by atoms with E-state index in [1.165, 1.54) is 4.90 Å². The molecule has 0 aromatic heterocycles. The van der Waals surface area contributed by atoms with Gasteiger partial charge in [0, 0.05) is 6.54 Å². The molecule has 9 atom stereocenters. The molecule has 32 heavy (non-hydrogen) atoms. The van der Waals surface area contributed by atoms with Crippen LogP contribution in [0.1, 0.15) is 32.1 Å². The number of carboxylic acid groups (broad SMARTS) is 1. The number of allylic oxidation sites excluding steroid dienone is 4. The van der Waals surface area contributed by atoms with E-state index in [2.05, 4.69) is 12.2 Å². The third kappa shape index (κ3) is 2.52. The van der Waals surface area contributed by atoms with Crippen LogP contribution in [0.3, 0.4) is 0 Å². The Morgan fingerprint density at radius 1 is 0.781 bits per heavy atom. The van der Waals surface area contributed by atoms with Gasteiger partial charge in [0.05, 0.1) is 23.7 Å². The van der Waals surface area contributed by atoms with Gasteiger partial charge in [0.25, 0.3) is 0 Å². The first kappa shape index (κ1) is 19.9. The Labute approximate surface area is 185 Å². The lowest BCUT2D eigenvalue weighted by atomic mass is 9.85. The zero-order valence-electron chi connectivity index (χ0n) is 17.6. The average Bonchev–Trinajstić information content (AvgIpc) is 3.58. The fourth-order valence-electron chi connectivity index (χ4n) is 7.39. The number of imide groups is 2. The maximum Gasteiger partial charge on any atom is 0.326 e. The van der Waals surface area contributed by atoms with E-state index in [0.29, 0.717) is 12.8 Å². The van der Waals surface area contributed by atoms with Crippen LogP contribution in [0.5, 0.6) is 0 Å². The maximum absolute atomic E-state index is 12.9. The van der Waals surface area contributed by atoms with Crippen molar-refractivity contribution in [2.45, 2.75) is 38.1 Å². The first-order chi connectivity index (χ1) is 15.4. The molecule has 4 bridgehead atoms. The molecule has 4 aliphatic carbocycles. The van der Waals surface area contributed by atoms with Gasteiger partial charge in [-0.25, -0.2) is 4.79 Å². The summed E-state index contributed by atoms with van der Waals surface area (Å²) in [6, 6.07) is -1.19. The van der Waals surface area contributed by atoms with Gasteiger partial charge in [0.1, 0.15) is 6.04 Å². The molecule has 2 aliphatic heterocycles. The summed E-state index contributed by atoms with van der Waals surface area (Å²) in [4.78, 5) is 65.7. The number of nitrogens with zero attached hydrogens (tertiary/aromatic N) is 2. The molecule has 0 unspecified atom stereocenters. The zero-order chi connectivity index (χ0) is 22.3. The molecule has 0 spiro atoms. The summed E-state index contributed by atoms with van der Waals surface area (Å²) in [6.07, 6.45) is 10.8. The maximum atomic E-state index is 12.9. The average molecular weight is 438 g/mol. The Bertz CT molecular complexity index is 940. The lowest BCUT2D eigenvalue weighted by molar-refractivity contribution is -0.155. The lowest BCUT2D eigenvalue weighted by Crippen LogP contribution is -2.46. The smallest absolute Gasteiger partial charge is 0.326 e. The summed E-state index contributed by atoms with van der Waals surface area (Å²) in [5.41, 5.74) is 0. The van der Waals surface area contributed by atoms with E-state index in [1.54, 1.807) is 0 Å². The van der Waals surface area contributed by atoms with Crippen LogP contribution in [0.15, 0.2) is 24.3 Å². The molecule has 2 heterocycles. The Morgan fingerprint density at radius 3 is 1.66 bits per heavy atom. The molecular weight excluding hydrogens is 412 g/mol. The molecule has 8 heteroatoms. The van der Waals surface area contributed by atoms with Crippen LogP contribution in [0.2, 0.25) is 0 Å². The summed E-state index contributed by atoms with van der Waals surface area (Å²) >= 11 is 0. The van der Waals surface area contributed by atoms with Crippen LogP contribution in [-0.2, 0) is 24.0 Å². The summed E-state index contributed by atoms with van der Waals surface area (Å²) in [6.45, 7) is 0.262. The predicted molar refractivity (Wildman–Crippen MR) is 109 cm³/mol. The number of aliphatic carboxylic acids is 1. The van der Waals surface area contributed by atoms with E-state index in [0.717, 1.165) is 17.7 Å². The first-order valence-corrected chi connectivity index (χ1v) is 11.7. The van der Waals surface area contributed by atoms with Crippen molar-refractivity contribution in [3.05, 3.63) is 24.3 Å². The van der Waals surface area contributed by atoms with E-state index in [1.807, 2.05) is 12.2 Å². The number of hydrogen-bond donors (Lipinski definition) is 1. The van der Waals surface area contributed by atoms with Crippen molar-refractivity contribution < 1.29 is 29.1 Å². The summed E-state index contributed by atoms with van der Waals surface area (Å²) in [5.74, 6) is -2.98. The van der Waals surface area contributed by atoms with E-state index < -0.39 is 23.8 Å². The van der Waals surface area contributed by atoms with Crippen LogP contribution >= 0.6 is 0 Å². The Hall–Kier alpha value is -2.77. The van der Waals surface area contributed by atoms with E-state index >= 15 is 0 Å². The summed E-state index contributed by atoms with van der Waals surface area (Å²) in [5, 5.41) is 9.76. The molecule has 2 saturated heterocycles. The van der Waals surface area contributed by atoms with Crippen LogP contribution < -0.4 is 0 Å². The molecular formula is C24H26N2O6. The van der Waals surface area contributed by atoms with Gasteiger partial charge < -0.3 is 5.11 Å². The number of rotatable bonds is 7. The van der Waals surface area contributed by atoms with Crippen molar-refractivity contribution in [3.63, 3.8) is 0 Å². The molecule has 6 aliphatic rings. The molecule has 1 N–H and O–H groups in total. The van der Waals surface area contributed by atoms with Crippen molar-refractivity contribution in [2.24, 2.45) is 47.3 Å². The molecule has 4 amide bonds. The fraction of sp³-hybridized carbons (Fsp3) is 0.625. The van der Waals surface area contributed by atoms with Gasteiger partial charge in [-0.3, -0.25) is 29.0 Å². The number of amides is 4.